The fourth-order valence-electron chi connectivity index (χ4n) is 3.25. The summed E-state index contributed by atoms with van der Waals surface area (Å²) in [7, 11) is 0. The van der Waals surface area contributed by atoms with E-state index in [9.17, 15) is 0 Å². The Hall–Kier alpha value is -1.80. The lowest BCUT2D eigenvalue weighted by Gasteiger charge is -2.23. The molecule has 0 amide bonds. The summed E-state index contributed by atoms with van der Waals surface area (Å²) < 4.78 is 5.91. The zero-order valence-electron chi connectivity index (χ0n) is 13.8. The second-order valence-corrected chi connectivity index (χ2v) is 6.45. The maximum absolute atomic E-state index is 5.91. The van der Waals surface area contributed by atoms with E-state index in [4.69, 9.17) is 4.74 Å². The zero-order valence-corrected chi connectivity index (χ0v) is 13.8. The second-order valence-electron chi connectivity index (χ2n) is 6.45. The van der Waals surface area contributed by atoms with Gasteiger partial charge in [0, 0.05) is 19.0 Å². The predicted molar refractivity (Wildman–Crippen MR) is 95.8 cm³/mol. The van der Waals surface area contributed by atoms with Crippen LogP contribution in [-0.2, 0) is 13.0 Å². The Morgan fingerprint density at radius 3 is 2.48 bits per heavy atom. The molecule has 0 saturated heterocycles. The molecule has 1 fully saturated rings. The summed E-state index contributed by atoms with van der Waals surface area (Å²) in [5.41, 5.74) is 2.63. The summed E-state index contributed by atoms with van der Waals surface area (Å²) in [4.78, 5) is 0. The van der Waals surface area contributed by atoms with Gasteiger partial charge in [-0.05, 0) is 36.1 Å². The highest BCUT2D eigenvalue weighted by Crippen LogP contribution is 2.19. The highest BCUT2D eigenvalue weighted by Gasteiger charge is 2.12. The topological polar surface area (TPSA) is 21.3 Å². The summed E-state index contributed by atoms with van der Waals surface area (Å²) in [5, 5.41) is 3.69. The lowest BCUT2D eigenvalue weighted by molar-refractivity contribution is 0.321. The van der Waals surface area contributed by atoms with Crippen LogP contribution in [0.2, 0.25) is 0 Å². The first-order valence-electron chi connectivity index (χ1n) is 8.89. The average molecular weight is 309 g/mol. The average Bonchev–Trinajstić information content (AvgIpc) is 2.62. The Labute approximate surface area is 139 Å². The molecule has 23 heavy (non-hydrogen) atoms. The fraction of sp³-hybridized carbons (Fsp3) is 0.429. The monoisotopic (exact) mass is 309 g/mol. The van der Waals surface area contributed by atoms with Gasteiger partial charge in [-0.25, -0.2) is 0 Å². The van der Waals surface area contributed by atoms with Crippen molar-refractivity contribution in [1.29, 1.82) is 0 Å². The minimum Gasteiger partial charge on any atom is -0.493 e. The van der Waals surface area contributed by atoms with E-state index in [1.165, 1.54) is 43.2 Å². The van der Waals surface area contributed by atoms with Crippen LogP contribution in [0.4, 0.5) is 0 Å². The van der Waals surface area contributed by atoms with Crippen molar-refractivity contribution in [3.63, 3.8) is 0 Å². The number of nitrogens with one attached hydrogen (secondary N) is 1. The molecule has 2 aromatic carbocycles. The summed E-state index contributed by atoms with van der Waals surface area (Å²) in [5.74, 6) is 0.976. The summed E-state index contributed by atoms with van der Waals surface area (Å²) in [6.07, 6.45) is 7.76. The van der Waals surface area contributed by atoms with Crippen LogP contribution in [0.15, 0.2) is 54.6 Å². The minimum atomic E-state index is 0.700. The molecule has 2 aromatic rings. The van der Waals surface area contributed by atoms with Gasteiger partial charge < -0.3 is 10.1 Å². The molecule has 0 spiro atoms. The molecule has 0 bridgehead atoms. The van der Waals surface area contributed by atoms with Gasteiger partial charge in [-0.2, -0.15) is 0 Å². The predicted octanol–water partition coefficient (Wildman–Crippen LogP) is 4.73. The molecule has 1 aliphatic carbocycles. The van der Waals surface area contributed by atoms with Gasteiger partial charge in [0.15, 0.2) is 0 Å². The third kappa shape index (κ3) is 5.40. The minimum absolute atomic E-state index is 0.700. The second kappa shape index (κ2) is 8.73. The van der Waals surface area contributed by atoms with Crippen molar-refractivity contribution in [1.82, 2.24) is 5.32 Å². The van der Waals surface area contributed by atoms with E-state index in [1.807, 2.05) is 6.07 Å². The van der Waals surface area contributed by atoms with Gasteiger partial charge >= 0.3 is 0 Å². The highest BCUT2D eigenvalue weighted by molar-refractivity contribution is 5.28. The number of rotatable bonds is 7. The van der Waals surface area contributed by atoms with Crippen molar-refractivity contribution < 1.29 is 4.74 Å². The van der Waals surface area contributed by atoms with E-state index in [1.54, 1.807) is 0 Å². The van der Waals surface area contributed by atoms with Gasteiger partial charge in [-0.1, -0.05) is 61.7 Å². The molecule has 2 nitrogen and oxygen atoms in total. The summed E-state index contributed by atoms with van der Waals surface area (Å²) in [6.45, 7) is 1.67. The van der Waals surface area contributed by atoms with Crippen LogP contribution < -0.4 is 10.1 Å². The SMILES string of the molecule is c1ccc(CCOc2cccc(CNC3CCCCC3)c2)cc1. The van der Waals surface area contributed by atoms with Gasteiger partial charge in [-0.3, -0.25) is 0 Å². The number of hydrogen-bond acceptors (Lipinski definition) is 2. The van der Waals surface area contributed by atoms with Crippen molar-refractivity contribution in [2.45, 2.75) is 51.1 Å². The van der Waals surface area contributed by atoms with Crippen molar-refractivity contribution in [2.24, 2.45) is 0 Å². The van der Waals surface area contributed by atoms with Gasteiger partial charge in [0.05, 0.1) is 6.61 Å². The maximum atomic E-state index is 5.91. The third-order valence-corrected chi connectivity index (χ3v) is 4.60. The quantitative estimate of drug-likeness (QED) is 0.798. The number of hydrogen-bond donors (Lipinski definition) is 1. The van der Waals surface area contributed by atoms with Gasteiger partial charge in [0.2, 0.25) is 0 Å². The third-order valence-electron chi connectivity index (χ3n) is 4.60. The molecule has 0 heterocycles. The molecule has 0 radical (unpaired) electrons. The van der Waals surface area contributed by atoms with E-state index in [0.29, 0.717) is 6.04 Å². The molecule has 3 rings (SSSR count). The van der Waals surface area contributed by atoms with Crippen molar-refractivity contribution in [3.8, 4) is 5.75 Å². The van der Waals surface area contributed by atoms with E-state index < -0.39 is 0 Å². The normalized spacial score (nSPS) is 15.5. The first-order chi connectivity index (χ1) is 11.4. The van der Waals surface area contributed by atoms with Crippen molar-refractivity contribution in [2.75, 3.05) is 6.61 Å². The van der Waals surface area contributed by atoms with E-state index in [0.717, 1.165) is 25.3 Å². The van der Waals surface area contributed by atoms with E-state index >= 15 is 0 Å². The Morgan fingerprint density at radius 1 is 0.870 bits per heavy atom. The van der Waals surface area contributed by atoms with Crippen LogP contribution in [0.5, 0.6) is 5.75 Å². The molecule has 0 aromatic heterocycles. The standard InChI is InChI=1S/C21H27NO/c1-3-8-18(9-4-1)14-15-23-21-13-7-10-19(16-21)17-22-20-11-5-2-6-12-20/h1,3-4,7-10,13,16,20,22H,2,5-6,11-12,14-15,17H2. The van der Waals surface area contributed by atoms with Crippen molar-refractivity contribution in [3.05, 3.63) is 65.7 Å². The molecular weight excluding hydrogens is 282 g/mol. The van der Waals surface area contributed by atoms with Crippen LogP contribution in [-0.4, -0.2) is 12.6 Å². The van der Waals surface area contributed by atoms with Crippen LogP contribution in [0.1, 0.15) is 43.2 Å². The molecule has 1 N–H and O–H groups in total. The molecule has 1 saturated carbocycles. The van der Waals surface area contributed by atoms with E-state index in [-0.39, 0.29) is 0 Å². The van der Waals surface area contributed by atoms with Gasteiger partial charge in [0.1, 0.15) is 5.75 Å². The fourth-order valence-corrected chi connectivity index (χ4v) is 3.25. The molecule has 0 aliphatic heterocycles. The van der Waals surface area contributed by atoms with Gasteiger partial charge in [0.25, 0.3) is 0 Å². The number of benzene rings is 2. The maximum Gasteiger partial charge on any atom is 0.119 e. The Balaban J connectivity index is 1.45. The first kappa shape index (κ1) is 16.1. The lowest BCUT2D eigenvalue weighted by atomic mass is 9.95. The Kier molecular flexibility index (Phi) is 6.10. The van der Waals surface area contributed by atoms with Crippen LogP contribution in [0, 0.1) is 0 Å². The molecule has 0 unspecified atom stereocenters. The highest BCUT2D eigenvalue weighted by atomic mass is 16.5. The largest absolute Gasteiger partial charge is 0.493 e. The van der Waals surface area contributed by atoms with Crippen molar-refractivity contribution >= 4 is 0 Å². The van der Waals surface area contributed by atoms with E-state index in [2.05, 4.69) is 53.8 Å². The Bertz CT molecular complexity index is 575. The molecule has 2 heteroatoms. The molecule has 0 atom stereocenters. The summed E-state index contributed by atoms with van der Waals surface area (Å²) in [6, 6.07) is 19.7. The molecule has 1 aliphatic rings. The molecular formula is C21H27NO. The number of ether oxygens (including phenoxy) is 1. The zero-order chi connectivity index (χ0) is 15.7. The lowest BCUT2D eigenvalue weighted by Crippen LogP contribution is -2.30. The van der Waals surface area contributed by atoms with Crippen LogP contribution >= 0.6 is 0 Å². The summed E-state index contributed by atoms with van der Waals surface area (Å²) >= 11 is 0. The molecule has 122 valence electrons. The van der Waals surface area contributed by atoms with Gasteiger partial charge in [-0.15, -0.1) is 0 Å². The van der Waals surface area contributed by atoms with Crippen LogP contribution in [0.25, 0.3) is 0 Å². The Morgan fingerprint density at radius 2 is 1.65 bits per heavy atom. The smallest absolute Gasteiger partial charge is 0.119 e. The first-order valence-corrected chi connectivity index (χ1v) is 8.89. The van der Waals surface area contributed by atoms with Crippen LogP contribution in [0.3, 0.4) is 0 Å².